The first-order valence-corrected chi connectivity index (χ1v) is 5.84. The molecule has 0 spiro atoms. The molecule has 94 valence electrons. The summed E-state index contributed by atoms with van der Waals surface area (Å²) < 4.78 is 0. The summed E-state index contributed by atoms with van der Waals surface area (Å²) in [5.41, 5.74) is 6.67. The molecule has 0 aliphatic rings. The van der Waals surface area contributed by atoms with E-state index in [0.717, 1.165) is 6.54 Å². The third-order valence-electron chi connectivity index (χ3n) is 2.73. The Morgan fingerprint density at radius 2 is 2.06 bits per heavy atom. The number of nitrogens with two attached hydrogens (primary N) is 1. The van der Waals surface area contributed by atoms with Gasteiger partial charge >= 0.3 is 0 Å². The first-order chi connectivity index (χ1) is 8.13. The highest BCUT2D eigenvalue weighted by Gasteiger charge is 2.12. The van der Waals surface area contributed by atoms with Crippen LogP contribution in [-0.2, 0) is 6.54 Å². The fraction of sp³-hybridized carbons (Fsp3) is 0.462. The molecule has 0 aromatic heterocycles. The summed E-state index contributed by atoms with van der Waals surface area (Å²) in [7, 11) is 0. The minimum atomic E-state index is 0.0188. The fourth-order valence-electron chi connectivity index (χ4n) is 1.70. The largest absolute Gasteiger partial charge is 0.395 e. The van der Waals surface area contributed by atoms with Gasteiger partial charge in [-0.25, -0.2) is 0 Å². The zero-order valence-electron chi connectivity index (χ0n) is 10.3. The zero-order chi connectivity index (χ0) is 12.7. The molecule has 0 saturated carbocycles. The second kappa shape index (κ2) is 7.04. The lowest BCUT2D eigenvalue weighted by Crippen LogP contribution is -2.35. The maximum Gasteiger partial charge on any atom is 0.0947 e. The molecule has 4 nitrogen and oxygen atoms in total. The van der Waals surface area contributed by atoms with Crippen LogP contribution in [0.1, 0.15) is 12.5 Å². The van der Waals surface area contributed by atoms with Crippen molar-refractivity contribution >= 4 is 5.84 Å². The van der Waals surface area contributed by atoms with E-state index in [-0.39, 0.29) is 18.4 Å². The van der Waals surface area contributed by atoms with Crippen molar-refractivity contribution in [3.63, 3.8) is 0 Å². The molecule has 0 saturated heterocycles. The summed E-state index contributed by atoms with van der Waals surface area (Å²) in [4.78, 5) is 2.11. The minimum absolute atomic E-state index is 0.0188. The van der Waals surface area contributed by atoms with E-state index < -0.39 is 0 Å². The van der Waals surface area contributed by atoms with Crippen LogP contribution >= 0.6 is 0 Å². The van der Waals surface area contributed by atoms with E-state index >= 15 is 0 Å². The van der Waals surface area contributed by atoms with E-state index in [2.05, 4.69) is 17.0 Å². The van der Waals surface area contributed by atoms with Crippen LogP contribution in [0.2, 0.25) is 0 Å². The Balaban J connectivity index is 2.57. The van der Waals surface area contributed by atoms with Crippen molar-refractivity contribution in [2.24, 2.45) is 11.7 Å². The molecule has 1 rings (SSSR count). The number of rotatable bonds is 7. The van der Waals surface area contributed by atoms with Gasteiger partial charge < -0.3 is 10.8 Å². The molecular formula is C13H21N3O. The van der Waals surface area contributed by atoms with Crippen LogP contribution in [0.4, 0.5) is 0 Å². The number of hydrogen-bond donors (Lipinski definition) is 3. The number of nitrogens with zero attached hydrogens (tertiary/aromatic N) is 1. The predicted molar refractivity (Wildman–Crippen MR) is 69.9 cm³/mol. The smallest absolute Gasteiger partial charge is 0.0947 e. The van der Waals surface area contributed by atoms with Gasteiger partial charge in [-0.3, -0.25) is 10.3 Å². The molecule has 0 amide bonds. The Kier molecular flexibility index (Phi) is 5.66. The van der Waals surface area contributed by atoms with Gasteiger partial charge in [-0.05, 0) is 5.56 Å². The molecule has 0 aliphatic carbocycles. The highest BCUT2D eigenvalue weighted by Crippen LogP contribution is 2.07. The molecule has 4 N–H and O–H groups in total. The van der Waals surface area contributed by atoms with E-state index in [0.29, 0.717) is 13.1 Å². The predicted octanol–water partition coefficient (Wildman–Crippen LogP) is 1.05. The summed E-state index contributed by atoms with van der Waals surface area (Å²) in [6.07, 6.45) is 0. The average molecular weight is 235 g/mol. The molecule has 0 heterocycles. The van der Waals surface area contributed by atoms with Gasteiger partial charge in [-0.2, -0.15) is 0 Å². The van der Waals surface area contributed by atoms with Crippen LogP contribution in [0.15, 0.2) is 30.3 Å². The average Bonchev–Trinajstić information content (AvgIpc) is 2.30. The number of nitrogens with one attached hydrogen (secondary N) is 1. The van der Waals surface area contributed by atoms with Crippen molar-refractivity contribution in [3.05, 3.63) is 35.9 Å². The molecule has 0 fully saturated rings. The fourth-order valence-corrected chi connectivity index (χ4v) is 1.70. The van der Waals surface area contributed by atoms with Crippen LogP contribution in [0.5, 0.6) is 0 Å². The van der Waals surface area contributed by atoms with E-state index in [1.54, 1.807) is 0 Å². The lowest BCUT2D eigenvalue weighted by molar-refractivity contribution is 0.182. The van der Waals surface area contributed by atoms with Crippen molar-refractivity contribution in [1.29, 1.82) is 5.41 Å². The molecule has 1 atom stereocenters. The Morgan fingerprint density at radius 1 is 1.41 bits per heavy atom. The monoisotopic (exact) mass is 235 g/mol. The second-order valence-corrected chi connectivity index (χ2v) is 4.30. The molecule has 1 aromatic rings. The Labute approximate surface area is 103 Å². The van der Waals surface area contributed by atoms with Crippen LogP contribution < -0.4 is 5.73 Å². The van der Waals surface area contributed by atoms with Crippen molar-refractivity contribution in [3.8, 4) is 0 Å². The van der Waals surface area contributed by atoms with Crippen LogP contribution in [0, 0.1) is 11.3 Å². The molecular weight excluding hydrogens is 214 g/mol. The number of aliphatic hydroxyl groups is 1. The van der Waals surface area contributed by atoms with E-state index in [1.807, 2.05) is 25.1 Å². The highest BCUT2D eigenvalue weighted by molar-refractivity contribution is 5.79. The van der Waals surface area contributed by atoms with Crippen molar-refractivity contribution in [1.82, 2.24) is 4.90 Å². The maximum atomic E-state index is 9.04. The number of aliphatic hydroxyl groups excluding tert-OH is 1. The Bertz CT molecular complexity index is 340. The maximum absolute atomic E-state index is 9.04. The first-order valence-electron chi connectivity index (χ1n) is 5.84. The number of hydrogen-bond acceptors (Lipinski definition) is 3. The molecule has 1 aromatic carbocycles. The molecule has 0 bridgehead atoms. The Morgan fingerprint density at radius 3 is 2.59 bits per heavy atom. The zero-order valence-corrected chi connectivity index (χ0v) is 10.3. The molecule has 0 aliphatic heterocycles. The lowest BCUT2D eigenvalue weighted by atomic mass is 10.1. The normalized spacial score (nSPS) is 12.6. The number of benzene rings is 1. The summed E-state index contributed by atoms with van der Waals surface area (Å²) in [5, 5.41) is 16.4. The van der Waals surface area contributed by atoms with Gasteiger partial charge in [0.05, 0.1) is 12.4 Å². The van der Waals surface area contributed by atoms with Crippen LogP contribution in [0.25, 0.3) is 0 Å². The summed E-state index contributed by atoms with van der Waals surface area (Å²) in [6.45, 7) is 4.13. The summed E-state index contributed by atoms with van der Waals surface area (Å²) in [5.74, 6) is 0.214. The van der Waals surface area contributed by atoms with Gasteiger partial charge in [0.15, 0.2) is 0 Å². The van der Waals surface area contributed by atoms with Gasteiger partial charge in [-0.1, -0.05) is 37.3 Å². The third kappa shape index (κ3) is 4.97. The molecule has 0 radical (unpaired) electrons. The number of amidine groups is 1. The minimum Gasteiger partial charge on any atom is -0.395 e. The summed E-state index contributed by atoms with van der Waals surface area (Å²) in [6, 6.07) is 10.1. The van der Waals surface area contributed by atoms with Gasteiger partial charge in [-0.15, -0.1) is 0 Å². The van der Waals surface area contributed by atoms with Crippen molar-refractivity contribution < 1.29 is 5.11 Å². The third-order valence-corrected chi connectivity index (χ3v) is 2.73. The van der Waals surface area contributed by atoms with E-state index in [1.165, 1.54) is 5.56 Å². The molecule has 17 heavy (non-hydrogen) atoms. The molecule has 4 heteroatoms. The van der Waals surface area contributed by atoms with Crippen molar-refractivity contribution in [2.45, 2.75) is 13.5 Å². The van der Waals surface area contributed by atoms with Crippen molar-refractivity contribution in [2.75, 3.05) is 19.7 Å². The quantitative estimate of drug-likeness (QED) is 0.488. The van der Waals surface area contributed by atoms with Gasteiger partial charge in [0, 0.05) is 25.6 Å². The lowest BCUT2D eigenvalue weighted by Gasteiger charge is -2.24. The first kappa shape index (κ1) is 13.7. The molecule has 1 unspecified atom stereocenters. The SMILES string of the molecule is CC(CN(CCO)Cc1ccccc1)C(=N)N. The Hall–Kier alpha value is -1.39. The second-order valence-electron chi connectivity index (χ2n) is 4.30. The topological polar surface area (TPSA) is 73.3 Å². The van der Waals surface area contributed by atoms with Gasteiger partial charge in [0.1, 0.15) is 0 Å². The summed E-state index contributed by atoms with van der Waals surface area (Å²) >= 11 is 0. The highest BCUT2D eigenvalue weighted by atomic mass is 16.3. The van der Waals surface area contributed by atoms with Gasteiger partial charge in [0.2, 0.25) is 0 Å². The van der Waals surface area contributed by atoms with E-state index in [9.17, 15) is 0 Å². The standard InChI is InChI=1S/C13H21N3O/c1-11(13(14)15)9-16(7-8-17)10-12-5-3-2-4-6-12/h2-6,11,17H,7-10H2,1H3,(H3,14,15). The van der Waals surface area contributed by atoms with E-state index in [4.69, 9.17) is 16.2 Å². The van der Waals surface area contributed by atoms with Crippen LogP contribution in [-0.4, -0.2) is 35.5 Å². The van der Waals surface area contributed by atoms with Crippen LogP contribution in [0.3, 0.4) is 0 Å². The van der Waals surface area contributed by atoms with Gasteiger partial charge in [0.25, 0.3) is 0 Å².